The van der Waals surface area contributed by atoms with Crippen LogP contribution in [0.4, 0.5) is 5.69 Å². The van der Waals surface area contributed by atoms with Crippen LogP contribution >= 0.6 is 11.8 Å². The standard InChI is InChI=1S/C17H17NO3S/c1-18(13-5-3-2-4-6-13)17(19)12-22-14-7-8-15-16(11-14)21-10-9-20-15/h2-8,11H,9-10,12H2,1H3. The minimum absolute atomic E-state index is 0.0612. The van der Waals surface area contributed by atoms with Gasteiger partial charge in [-0.2, -0.15) is 0 Å². The number of ether oxygens (including phenoxy) is 2. The second kappa shape index (κ2) is 6.75. The van der Waals surface area contributed by atoms with Gasteiger partial charge in [0.05, 0.1) is 5.75 Å². The van der Waals surface area contributed by atoms with Crippen molar-refractivity contribution in [3.8, 4) is 11.5 Å². The third-order valence-corrected chi connectivity index (χ3v) is 4.37. The first kappa shape index (κ1) is 14.8. The van der Waals surface area contributed by atoms with Gasteiger partial charge in [0.15, 0.2) is 11.5 Å². The predicted octanol–water partition coefficient (Wildman–Crippen LogP) is 3.21. The third kappa shape index (κ3) is 3.36. The molecule has 0 radical (unpaired) electrons. The minimum atomic E-state index is 0.0612. The molecule has 1 aliphatic heterocycles. The lowest BCUT2D eigenvalue weighted by Gasteiger charge is -2.19. The van der Waals surface area contributed by atoms with E-state index in [-0.39, 0.29) is 5.91 Å². The number of carbonyl (C=O) groups excluding carboxylic acids is 1. The van der Waals surface area contributed by atoms with Crippen LogP contribution in [0.25, 0.3) is 0 Å². The van der Waals surface area contributed by atoms with Gasteiger partial charge in [0.2, 0.25) is 5.91 Å². The highest BCUT2D eigenvalue weighted by Crippen LogP contribution is 2.34. The van der Waals surface area contributed by atoms with Crippen molar-refractivity contribution >= 4 is 23.4 Å². The quantitative estimate of drug-likeness (QED) is 0.812. The van der Waals surface area contributed by atoms with Crippen LogP contribution in [0.15, 0.2) is 53.4 Å². The van der Waals surface area contributed by atoms with Gasteiger partial charge in [-0.3, -0.25) is 4.79 Å². The second-order valence-electron chi connectivity index (χ2n) is 4.88. The maximum Gasteiger partial charge on any atom is 0.237 e. The Morgan fingerprint density at radius 1 is 1.09 bits per heavy atom. The summed E-state index contributed by atoms with van der Waals surface area (Å²) in [6.45, 7) is 1.15. The number of amides is 1. The fourth-order valence-corrected chi connectivity index (χ4v) is 2.99. The lowest BCUT2D eigenvalue weighted by Crippen LogP contribution is -2.27. The Hall–Kier alpha value is -2.14. The monoisotopic (exact) mass is 315 g/mol. The molecule has 0 unspecified atom stereocenters. The van der Waals surface area contributed by atoms with E-state index in [0.717, 1.165) is 22.1 Å². The van der Waals surface area contributed by atoms with E-state index in [0.29, 0.717) is 19.0 Å². The third-order valence-electron chi connectivity index (χ3n) is 3.39. The van der Waals surface area contributed by atoms with Crippen LogP contribution in [0.1, 0.15) is 0 Å². The van der Waals surface area contributed by atoms with Crippen LogP contribution in [0.2, 0.25) is 0 Å². The van der Waals surface area contributed by atoms with Crippen LogP contribution in [0, 0.1) is 0 Å². The Morgan fingerprint density at radius 3 is 2.59 bits per heavy atom. The molecule has 0 bridgehead atoms. The summed E-state index contributed by atoms with van der Waals surface area (Å²) >= 11 is 1.50. The summed E-state index contributed by atoms with van der Waals surface area (Å²) in [4.78, 5) is 14.9. The van der Waals surface area contributed by atoms with E-state index >= 15 is 0 Å². The minimum Gasteiger partial charge on any atom is -0.486 e. The molecule has 1 heterocycles. The van der Waals surface area contributed by atoms with E-state index in [1.54, 1.807) is 11.9 Å². The van der Waals surface area contributed by atoms with Crippen molar-refractivity contribution in [3.63, 3.8) is 0 Å². The first-order valence-corrected chi connectivity index (χ1v) is 8.06. The van der Waals surface area contributed by atoms with E-state index < -0.39 is 0 Å². The Bertz CT molecular complexity index is 660. The van der Waals surface area contributed by atoms with Crippen molar-refractivity contribution < 1.29 is 14.3 Å². The van der Waals surface area contributed by atoms with Crippen LogP contribution < -0.4 is 14.4 Å². The topological polar surface area (TPSA) is 38.8 Å². The number of fused-ring (bicyclic) bond motifs is 1. The number of hydrogen-bond donors (Lipinski definition) is 0. The molecular formula is C17H17NO3S. The molecule has 2 aromatic carbocycles. The Kier molecular flexibility index (Phi) is 4.53. The van der Waals surface area contributed by atoms with Gasteiger partial charge in [-0.15, -0.1) is 11.8 Å². The Morgan fingerprint density at radius 2 is 1.82 bits per heavy atom. The number of thioether (sulfide) groups is 1. The number of benzene rings is 2. The molecule has 1 amide bonds. The molecule has 5 heteroatoms. The van der Waals surface area contributed by atoms with Crippen LogP contribution in [-0.2, 0) is 4.79 Å². The van der Waals surface area contributed by atoms with Crippen molar-refractivity contribution in [1.82, 2.24) is 0 Å². The molecular weight excluding hydrogens is 298 g/mol. The Labute approximate surface area is 134 Å². The number of para-hydroxylation sites is 1. The smallest absolute Gasteiger partial charge is 0.237 e. The zero-order valence-corrected chi connectivity index (χ0v) is 13.1. The normalized spacial score (nSPS) is 12.8. The molecule has 22 heavy (non-hydrogen) atoms. The maximum absolute atomic E-state index is 12.3. The number of nitrogens with zero attached hydrogens (tertiary/aromatic N) is 1. The summed E-state index contributed by atoms with van der Waals surface area (Å²) in [7, 11) is 1.79. The molecule has 3 rings (SSSR count). The van der Waals surface area contributed by atoms with Crippen molar-refractivity contribution in [3.05, 3.63) is 48.5 Å². The second-order valence-corrected chi connectivity index (χ2v) is 5.93. The van der Waals surface area contributed by atoms with Gasteiger partial charge < -0.3 is 14.4 Å². The predicted molar refractivity (Wildman–Crippen MR) is 88.0 cm³/mol. The number of carbonyl (C=O) groups is 1. The first-order chi connectivity index (χ1) is 10.7. The van der Waals surface area contributed by atoms with Crippen molar-refractivity contribution in [1.29, 1.82) is 0 Å². The summed E-state index contributed by atoms with van der Waals surface area (Å²) in [5, 5.41) is 0. The molecule has 1 aliphatic rings. The van der Waals surface area contributed by atoms with Gasteiger partial charge in [-0.25, -0.2) is 0 Å². The largest absolute Gasteiger partial charge is 0.486 e. The highest BCUT2D eigenvalue weighted by atomic mass is 32.2. The summed E-state index contributed by atoms with van der Waals surface area (Å²) in [6.07, 6.45) is 0. The summed E-state index contributed by atoms with van der Waals surface area (Å²) in [6, 6.07) is 15.4. The van der Waals surface area contributed by atoms with Crippen LogP contribution in [0.5, 0.6) is 11.5 Å². The lowest BCUT2D eigenvalue weighted by molar-refractivity contribution is -0.115. The lowest BCUT2D eigenvalue weighted by atomic mass is 10.3. The average Bonchev–Trinajstić information content (AvgIpc) is 2.59. The summed E-state index contributed by atoms with van der Waals surface area (Å²) in [5.41, 5.74) is 0.898. The van der Waals surface area contributed by atoms with E-state index in [4.69, 9.17) is 9.47 Å². The van der Waals surface area contributed by atoms with Crippen molar-refractivity contribution in [2.75, 3.05) is 30.9 Å². The molecule has 114 valence electrons. The fraction of sp³-hybridized carbons (Fsp3) is 0.235. The first-order valence-electron chi connectivity index (χ1n) is 7.08. The molecule has 0 aliphatic carbocycles. The molecule has 4 nitrogen and oxygen atoms in total. The van der Waals surface area contributed by atoms with Gasteiger partial charge >= 0.3 is 0 Å². The van der Waals surface area contributed by atoms with Crippen LogP contribution in [0.3, 0.4) is 0 Å². The summed E-state index contributed by atoms with van der Waals surface area (Å²) < 4.78 is 11.0. The molecule has 0 aromatic heterocycles. The number of anilines is 1. The van der Waals surface area contributed by atoms with Gasteiger partial charge in [-0.1, -0.05) is 18.2 Å². The molecule has 0 N–H and O–H groups in total. The molecule has 0 saturated carbocycles. The van der Waals surface area contributed by atoms with Gasteiger partial charge in [0.25, 0.3) is 0 Å². The van der Waals surface area contributed by atoms with Crippen LogP contribution in [-0.4, -0.2) is 31.9 Å². The molecule has 0 spiro atoms. The molecule has 0 fully saturated rings. The molecule has 0 saturated heterocycles. The zero-order valence-electron chi connectivity index (χ0n) is 12.3. The highest BCUT2D eigenvalue weighted by molar-refractivity contribution is 8.00. The van der Waals surface area contributed by atoms with Gasteiger partial charge in [0, 0.05) is 17.6 Å². The SMILES string of the molecule is CN(C(=O)CSc1ccc2c(c1)OCCO2)c1ccccc1. The highest BCUT2D eigenvalue weighted by Gasteiger charge is 2.14. The van der Waals surface area contributed by atoms with E-state index in [1.807, 2.05) is 48.5 Å². The fourth-order valence-electron chi connectivity index (χ4n) is 2.15. The number of hydrogen-bond acceptors (Lipinski definition) is 4. The Balaban J connectivity index is 1.61. The maximum atomic E-state index is 12.3. The molecule has 0 atom stereocenters. The average molecular weight is 315 g/mol. The van der Waals surface area contributed by atoms with Crippen molar-refractivity contribution in [2.24, 2.45) is 0 Å². The summed E-state index contributed by atoms with van der Waals surface area (Å²) in [5.74, 6) is 1.96. The molecule has 2 aromatic rings. The van der Waals surface area contributed by atoms with Gasteiger partial charge in [-0.05, 0) is 30.3 Å². The van der Waals surface area contributed by atoms with Crippen molar-refractivity contribution in [2.45, 2.75) is 4.90 Å². The number of rotatable bonds is 4. The van der Waals surface area contributed by atoms with E-state index in [2.05, 4.69) is 0 Å². The zero-order chi connectivity index (χ0) is 15.4. The van der Waals surface area contributed by atoms with E-state index in [1.165, 1.54) is 11.8 Å². The van der Waals surface area contributed by atoms with Gasteiger partial charge in [0.1, 0.15) is 13.2 Å². The van der Waals surface area contributed by atoms with E-state index in [9.17, 15) is 4.79 Å².